The van der Waals surface area contributed by atoms with Gasteiger partial charge in [-0.15, -0.1) is 0 Å². The summed E-state index contributed by atoms with van der Waals surface area (Å²) in [4.78, 5) is 0.170. The SMILES string of the molecule is Cc1ccc(S(=O)(=O)N[C@@H]2CNC[C@H](n3c4ccc(Cl)cc4c4cc(Cl)ccc43)[C@H]2O)cc1. The Morgan fingerprint density at radius 3 is 2.09 bits per heavy atom. The van der Waals surface area contributed by atoms with E-state index >= 15 is 0 Å². The highest BCUT2D eigenvalue weighted by Gasteiger charge is 2.37. The van der Waals surface area contributed by atoms with Crippen LogP contribution in [0.4, 0.5) is 0 Å². The molecule has 33 heavy (non-hydrogen) atoms. The predicted octanol–water partition coefficient (Wildman–Crippen LogP) is 4.26. The maximum absolute atomic E-state index is 13.0. The van der Waals surface area contributed by atoms with Crippen molar-refractivity contribution in [2.75, 3.05) is 13.1 Å². The molecular formula is C24H23Cl2N3O3S. The minimum atomic E-state index is -3.79. The minimum absolute atomic E-state index is 0.170. The topological polar surface area (TPSA) is 83.4 Å². The molecule has 1 aromatic heterocycles. The van der Waals surface area contributed by atoms with E-state index in [9.17, 15) is 13.5 Å². The number of nitrogens with one attached hydrogen (secondary N) is 2. The van der Waals surface area contributed by atoms with Crippen LogP contribution in [0.1, 0.15) is 11.6 Å². The number of aromatic nitrogens is 1. The van der Waals surface area contributed by atoms with Crippen LogP contribution in [0.15, 0.2) is 65.6 Å². The summed E-state index contributed by atoms with van der Waals surface area (Å²) in [5.41, 5.74) is 2.76. The van der Waals surface area contributed by atoms with Crippen molar-refractivity contribution in [2.45, 2.75) is 30.0 Å². The number of halogens is 2. The van der Waals surface area contributed by atoms with Crippen molar-refractivity contribution in [1.29, 1.82) is 0 Å². The molecule has 3 atom stereocenters. The van der Waals surface area contributed by atoms with E-state index in [1.807, 2.05) is 35.8 Å². The number of aliphatic hydroxyl groups excluding tert-OH is 1. The fourth-order valence-electron chi connectivity index (χ4n) is 4.59. The Hall–Kier alpha value is -2.13. The number of piperidine rings is 1. The molecule has 0 aliphatic carbocycles. The van der Waals surface area contributed by atoms with E-state index in [1.165, 1.54) is 0 Å². The second-order valence-electron chi connectivity index (χ2n) is 8.45. The molecule has 0 unspecified atom stereocenters. The first-order valence-corrected chi connectivity index (χ1v) is 12.8. The summed E-state index contributed by atoms with van der Waals surface area (Å²) in [7, 11) is -3.79. The van der Waals surface area contributed by atoms with Crippen molar-refractivity contribution < 1.29 is 13.5 Å². The van der Waals surface area contributed by atoms with Gasteiger partial charge in [0.2, 0.25) is 10.0 Å². The first-order valence-electron chi connectivity index (χ1n) is 10.6. The summed E-state index contributed by atoms with van der Waals surface area (Å²) in [5.74, 6) is 0. The van der Waals surface area contributed by atoms with Gasteiger partial charge in [-0.05, 0) is 55.5 Å². The van der Waals surface area contributed by atoms with Crippen LogP contribution in [0.2, 0.25) is 10.0 Å². The van der Waals surface area contributed by atoms with E-state index in [0.29, 0.717) is 23.1 Å². The zero-order chi connectivity index (χ0) is 23.3. The Morgan fingerprint density at radius 2 is 1.52 bits per heavy atom. The summed E-state index contributed by atoms with van der Waals surface area (Å²) in [5, 5.41) is 17.7. The summed E-state index contributed by atoms with van der Waals surface area (Å²) < 4.78 is 30.7. The summed E-state index contributed by atoms with van der Waals surface area (Å²) in [6.07, 6.45) is -0.961. The second-order valence-corrected chi connectivity index (χ2v) is 11.0. The number of aryl methyl sites for hydroxylation is 1. The normalized spacial score (nSPS) is 21.6. The molecular weight excluding hydrogens is 481 g/mol. The van der Waals surface area contributed by atoms with Gasteiger partial charge in [-0.25, -0.2) is 13.1 Å². The van der Waals surface area contributed by atoms with Gasteiger partial charge in [-0.1, -0.05) is 40.9 Å². The van der Waals surface area contributed by atoms with Gasteiger partial charge in [0.15, 0.2) is 0 Å². The van der Waals surface area contributed by atoms with Crippen LogP contribution in [0.25, 0.3) is 21.8 Å². The van der Waals surface area contributed by atoms with Crippen LogP contribution >= 0.6 is 23.2 Å². The zero-order valence-electron chi connectivity index (χ0n) is 17.8. The Balaban J connectivity index is 1.54. The summed E-state index contributed by atoms with van der Waals surface area (Å²) >= 11 is 12.5. The van der Waals surface area contributed by atoms with Gasteiger partial charge >= 0.3 is 0 Å². The first-order chi connectivity index (χ1) is 15.7. The fourth-order valence-corrected chi connectivity index (χ4v) is 6.19. The van der Waals surface area contributed by atoms with E-state index in [1.54, 1.807) is 36.4 Å². The van der Waals surface area contributed by atoms with E-state index in [-0.39, 0.29) is 4.90 Å². The number of nitrogens with zero attached hydrogens (tertiary/aromatic N) is 1. The smallest absolute Gasteiger partial charge is 0.240 e. The molecule has 1 fully saturated rings. The van der Waals surface area contributed by atoms with Gasteiger partial charge in [-0.3, -0.25) is 0 Å². The van der Waals surface area contributed by atoms with E-state index in [4.69, 9.17) is 23.2 Å². The molecule has 1 saturated heterocycles. The van der Waals surface area contributed by atoms with Crippen LogP contribution in [-0.4, -0.2) is 43.3 Å². The second kappa shape index (κ2) is 8.58. The van der Waals surface area contributed by atoms with Gasteiger partial charge in [0.25, 0.3) is 0 Å². The molecule has 6 nitrogen and oxygen atoms in total. The van der Waals surface area contributed by atoms with Crippen molar-refractivity contribution in [3.8, 4) is 0 Å². The molecule has 3 N–H and O–H groups in total. The lowest BCUT2D eigenvalue weighted by atomic mass is 9.99. The molecule has 0 bridgehead atoms. The number of aliphatic hydroxyl groups is 1. The molecule has 2 heterocycles. The van der Waals surface area contributed by atoms with E-state index < -0.39 is 28.2 Å². The van der Waals surface area contributed by atoms with Crippen LogP contribution in [-0.2, 0) is 10.0 Å². The Labute approximate surface area is 202 Å². The Bertz CT molecular complexity index is 1390. The highest BCUT2D eigenvalue weighted by molar-refractivity contribution is 7.89. The molecule has 3 aromatic carbocycles. The molecule has 1 aliphatic rings. The van der Waals surface area contributed by atoms with Gasteiger partial charge in [0, 0.05) is 44.9 Å². The number of hydrogen-bond donors (Lipinski definition) is 3. The standard InChI is InChI=1S/C24H23Cl2N3O3S/c1-14-2-6-17(7-3-14)33(31,32)28-20-12-27-13-23(24(20)30)29-21-8-4-15(25)10-18(21)19-11-16(26)5-9-22(19)29/h2-11,20,23-24,27-28,30H,12-13H2,1H3/t20-,23+,24+/m1/s1. The third-order valence-electron chi connectivity index (χ3n) is 6.22. The number of rotatable bonds is 4. The lowest BCUT2D eigenvalue weighted by molar-refractivity contribution is 0.0638. The van der Waals surface area contributed by atoms with Gasteiger partial charge < -0.3 is 15.0 Å². The number of benzene rings is 3. The highest BCUT2D eigenvalue weighted by Crippen LogP contribution is 2.36. The molecule has 0 amide bonds. The van der Waals surface area contributed by atoms with Crippen LogP contribution in [0.5, 0.6) is 0 Å². The summed E-state index contributed by atoms with van der Waals surface area (Å²) in [6.45, 7) is 2.70. The van der Waals surface area contributed by atoms with Crippen molar-refractivity contribution in [1.82, 2.24) is 14.6 Å². The molecule has 4 aromatic rings. The van der Waals surface area contributed by atoms with Crippen molar-refractivity contribution in [2.24, 2.45) is 0 Å². The highest BCUT2D eigenvalue weighted by atomic mass is 35.5. The average molecular weight is 504 g/mol. The van der Waals surface area contributed by atoms with Crippen LogP contribution < -0.4 is 10.0 Å². The van der Waals surface area contributed by atoms with Gasteiger partial charge in [0.05, 0.1) is 23.1 Å². The monoisotopic (exact) mass is 503 g/mol. The van der Waals surface area contributed by atoms with Gasteiger partial charge in [-0.2, -0.15) is 0 Å². The zero-order valence-corrected chi connectivity index (χ0v) is 20.1. The van der Waals surface area contributed by atoms with Crippen LogP contribution in [0.3, 0.4) is 0 Å². The molecule has 0 saturated carbocycles. The minimum Gasteiger partial charge on any atom is -0.389 e. The van der Waals surface area contributed by atoms with Crippen molar-refractivity contribution in [3.63, 3.8) is 0 Å². The third-order valence-corrected chi connectivity index (χ3v) is 8.20. The first kappa shape index (κ1) is 22.7. The molecule has 9 heteroatoms. The molecule has 0 radical (unpaired) electrons. The van der Waals surface area contributed by atoms with E-state index in [2.05, 4.69) is 10.0 Å². The average Bonchev–Trinajstić information content (AvgIpc) is 3.08. The third kappa shape index (κ3) is 4.14. The quantitative estimate of drug-likeness (QED) is 0.388. The maximum atomic E-state index is 13.0. The Kier molecular flexibility index (Phi) is 5.89. The van der Waals surface area contributed by atoms with Crippen LogP contribution in [0, 0.1) is 6.92 Å². The number of hydrogen-bond acceptors (Lipinski definition) is 4. The number of sulfonamides is 1. The van der Waals surface area contributed by atoms with E-state index in [0.717, 1.165) is 27.4 Å². The molecule has 5 rings (SSSR count). The summed E-state index contributed by atoms with van der Waals surface area (Å²) in [6, 6.07) is 16.7. The molecule has 172 valence electrons. The van der Waals surface area contributed by atoms with Gasteiger partial charge in [0.1, 0.15) is 0 Å². The predicted molar refractivity (Wildman–Crippen MR) is 133 cm³/mol. The van der Waals surface area contributed by atoms with Crippen molar-refractivity contribution >= 4 is 55.0 Å². The fraction of sp³-hybridized carbons (Fsp3) is 0.250. The molecule has 0 spiro atoms. The Morgan fingerprint density at radius 1 is 0.939 bits per heavy atom. The molecule has 1 aliphatic heterocycles. The number of fused-ring (bicyclic) bond motifs is 3. The lowest BCUT2D eigenvalue weighted by Crippen LogP contribution is -2.58. The maximum Gasteiger partial charge on any atom is 0.240 e. The van der Waals surface area contributed by atoms with Crippen molar-refractivity contribution in [3.05, 3.63) is 76.3 Å². The largest absolute Gasteiger partial charge is 0.389 e. The lowest BCUT2D eigenvalue weighted by Gasteiger charge is -2.37.